The first-order valence-electron chi connectivity index (χ1n) is 16.2. The second-order valence-corrected chi connectivity index (χ2v) is 13.3. The maximum atomic E-state index is 13.7. The van der Waals surface area contributed by atoms with Gasteiger partial charge in [-0.25, -0.2) is 4.98 Å². The molecule has 3 heterocycles. The fourth-order valence-electron chi connectivity index (χ4n) is 7.58. The summed E-state index contributed by atoms with van der Waals surface area (Å²) in [5.41, 5.74) is 11.5. The van der Waals surface area contributed by atoms with Crippen molar-refractivity contribution < 1.29 is 22.7 Å². The number of carbonyl (C=O) groups is 1. The predicted octanol–water partition coefficient (Wildman–Crippen LogP) is 7.36. The summed E-state index contributed by atoms with van der Waals surface area (Å²) in [5, 5.41) is 1.05. The Bertz CT molecular complexity index is 2050. The second kappa shape index (κ2) is 11.0. The molecular weight excluding hydrogens is 603 g/mol. The number of fused-ring (bicyclic) bond motifs is 4. The van der Waals surface area contributed by atoms with Crippen LogP contribution in [0.15, 0.2) is 60.7 Å². The van der Waals surface area contributed by atoms with E-state index >= 15 is 0 Å². The number of carbonyl (C=O) groups excluding carboxylic acids is 1. The number of imidazole rings is 1. The third-order valence-corrected chi connectivity index (χ3v) is 10.3. The van der Waals surface area contributed by atoms with Crippen LogP contribution < -0.4 is 10.5 Å². The van der Waals surface area contributed by atoms with Crippen molar-refractivity contribution in [3.05, 3.63) is 82.9 Å². The Kier molecular flexibility index (Phi) is 6.98. The van der Waals surface area contributed by atoms with Gasteiger partial charge < -0.3 is 24.5 Å². The highest BCUT2D eigenvalue weighted by Gasteiger charge is 2.47. The van der Waals surface area contributed by atoms with E-state index in [9.17, 15) is 18.0 Å². The highest BCUT2D eigenvalue weighted by Crippen LogP contribution is 2.40. The lowest BCUT2D eigenvalue weighted by Crippen LogP contribution is -2.41. The SMILES string of the molecule is COc1cc(C(=O)N2C[C@H]3CCC2C3N)cc2nc(-c3cc4cc(/C=C/c5ccc(C(F)(F)F)cc5)ccc4n3CC3CC3)n(C)c12. The quantitative estimate of drug-likeness (QED) is 0.189. The van der Waals surface area contributed by atoms with Crippen LogP contribution in [0.25, 0.3) is 45.6 Å². The number of rotatable bonds is 7. The zero-order valence-electron chi connectivity index (χ0n) is 26.3. The zero-order chi connectivity index (χ0) is 32.6. The third kappa shape index (κ3) is 5.19. The Morgan fingerprint density at radius 3 is 2.40 bits per heavy atom. The molecule has 3 atom stereocenters. The van der Waals surface area contributed by atoms with E-state index in [1.165, 1.54) is 25.0 Å². The van der Waals surface area contributed by atoms with E-state index in [0.717, 1.165) is 65.0 Å². The monoisotopic (exact) mass is 639 g/mol. The molecule has 8 rings (SSSR count). The predicted molar refractivity (Wildman–Crippen MR) is 177 cm³/mol. The summed E-state index contributed by atoms with van der Waals surface area (Å²) in [4.78, 5) is 20.7. The molecule has 5 aromatic rings. The summed E-state index contributed by atoms with van der Waals surface area (Å²) >= 11 is 0. The fourth-order valence-corrected chi connectivity index (χ4v) is 7.58. The number of hydrogen-bond donors (Lipinski definition) is 1. The van der Waals surface area contributed by atoms with Crippen LogP contribution in [0.4, 0.5) is 13.2 Å². The van der Waals surface area contributed by atoms with Gasteiger partial charge in [-0.1, -0.05) is 30.4 Å². The average molecular weight is 640 g/mol. The first-order valence-corrected chi connectivity index (χ1v) is 16.2. The number of amides is 1. The molecular formula is C37H36F3N5O2. The van der Waals surface area contributed by atoms with Gasteiger partial charge in [0.2, 0.25) is 0 Å². The van der Waals surface area contributed by atoms with Gasteiger partial charge in [0.15, 0.2) is 5.82 Å². The van der Waals surface area contributed by atoms with E-state index < -0.39 is 11.7 Å². The highest BCUT2D eigenvalue weighted by atomic mass is 19.4. The van der Waals surface area contributed by atoms with Crippen LogP contribution in [0.1, 0.15) is 52.7 Å². The molecule has 2 saturated carbocycles. The minimum absolute atomic E-state index is 0.0280. The number of methoxy groups -OCH3 is 1. The molecule has 0 radical (unpaired) electrons. The Hall–Kier alpha value is -4.57. The van der Waals surface area contributed by atoms with Crippen molar-refractivity contribution in [1.82, 2.24) is 19.0 Å². The average Bonchev–Trinajstić information content (AvgIpc) is 3.46. The topological polar surface area (TPSA) is 78.3 Å². The highest BCUT2D eigenvalue weighted by molar-refractivity contribution is 6.00. The molecule has 47 heavy (non-hydrogen) atoms. The number of benzene rings is 3. The summed E-state index contributed by atoms with van der Waals surface area (Å²) in [7, 11) is 3.59. The Morgan fingerprint density at radius 1 is 1.00 bits per heavy atom. The van der Waals surface area contributed by atoms with Gasteiger partial charge in [0.25, 0.3) is 5.91 Å². The van der Waals surface area contributed by atoms with Crippen molar-refractivity contribution in [2.24, 2.45) is 24.6 Å². The summed E-state index contributed by atoms with van der Waals surface area (Å²) in [6, 6.07) is 17.4. The van der Waals surface area contributed by atoms with Crippen molar-refractivity contribution in [3.8, 4) is 17.3 Å². The molecule has 3 aliphatic rings. The minimum Gasteiger partial charge on any atom is -0.494 e. The van der Waals surface area contributed by atoms with E-state index in [1.54, 1.807) is 7.11 Å². The van der Waals surface area contributed by atoms with Gasteiger partial charge in [-0.05, 0) is 91.1 Å². The van der Waals surface area contributed by atoms with Crippen LogP contribution in [0, 0.1) is 11.8 Å². The van der Waals surface area contributed by atoms with Crippen LogP contribution in [0.2, 0.25) is 0 Å². The second-order valence-electron chi connectivity index (χ2n) is 13.3. The molecule has 3 aromatic carbocycles. The van der Waals surface area contributed by atoms with Crippen LogP contribution in [-0.4, -0.2) is 50.7 Å². The van der Waals surface area contributed by atoms with Crippen LogP contribution >= 0.6 is 0 Å². The number of aromatic nitrogens is 3. The molecule has 0 spiro atoms. The lowest BCUT2D eigenvalue weighted by atomic mass is 10.1. The van der Waals surface area contributed by atoms with Gasteiger partial charge >= 0.3 is 6.18 Å². The zero-order valence-corrected chi connectivity index (χ0v) is 26.3. The standard InChI is InChI=1S/C37H36F3N5O2/c1-43-34-28(16-26(18-32(34)47-2)36(46)45-20-24-10-14-30(45)33(24)41)42-35(43)31-17-25-15-22(9-13-29(25)44(31)19-23-5-6-23)4-3-21-7-11-27(12-8-21)37(38,39)40/h3-4,7-9,11-13,15-18,23-24,30,33H,5-6,10,14,19-20,41H2,1-2H3/b4-3+/t24-,30?,33?/m1/s1. The van der Waals surface area contributed by atoms with E-state index in [-0.39, 0.29) is 18.0 Å². The molecule has 3 fully saturated rings. The number of nitrogens with two attached hydrogens (primary N) is 1. The summed E-state index contributed by atoms with van der Waals surface area (Å²) < 4.78 is 49.1. The molecule has 2 bridgehead atoms. The maximum absolute atomic E-state index is 13.7. The number of nitrogens with zero attached hydrogens (tertiary/aromatic N) is 4. The van der Waals surface area contributed by atoms with Crippen LogP contribution in [0.3, 0.4) is 0 Å². The molecule has 2 aromatic heterocycles. The van der Waals surface area contributed by atoms with E-state index in [2.05, 4.69) is 22.8 Å². The first kappa shape index (κ1) is 29.8. The lowest BCUT2D eigenvalue weighted by molar-refractivity contribution is -0.137. The van der Waals surface area contributed by atoms with Crippen molar-refractivity contribution >= 4 is 40.0 Å². The van der Waals surface area contributed by atoms with Crippen LogP contribution in [0.5, 0.6) is 5.75 Å². The van der Waals surface area contributed by atoms with Crippen molar-refractivity contribution in [2.45, 2.75) is 50.5 Å². The number of hydrogen-bond acceptors (Lipinski definition) is 4. The number of likely N-dealkylation sites (tertiary alicyclic amines) is 1. The van der Waals surface area contributed by atoms with Gasteiger partial charge in [0.05, 0.1) is 23.9 Å². The molecule has 1 amide bonds. The lowest BCUT2D eigenvalue weighted by Gasteiger charge is -2.27. The number of aryl methyl sites for hydroxylation is 1. The number of halogens is 3. The molecule has 1 aliphatic heterocycles. The first-order chi connectivity index (χ1) is 22.6. The molecule has 10 heteroatoms. The van der Waals surface area contributed by atoms with Gasteiger partial charge in [0.1, 0.15) is 11.3 Å². The fraction of sp³-hybridized carbons (Fsp3) is 0.351. The summed E-state index contributed by atoms with van der Waals surface area (Å²) in [5.74, 6) is 2.33. The normalized spacial score (nSPS) is 21.1. The molecule has 242 valence electrons. The Labute approximate surface area is 270 Å². The number of piperidine rings is 1. The van der Waals surface area contributed by atoms with Gasteiger partial charge in [-0.15, -0.1) is 0 Å². The Balaban J connectivity index is 1.16. The summed E-state index contributed by atoms with van der Waals surface area (Å²) in [6.07, 6.45) is 3.78. The number of ether oxygens (including phenoxy) is 1. The third-order valence-electron chi connectivity index (χ3n) is 10.3. The molecule has 2 aliphatic carbocycles. The Morgan fingerprint density at radius 2 is 1.74 bits per heavy atom. The molecule has 7 nitrogen and oxygen atoms in total. The van der Waals surface area contributed by atoms with E-state index in [4.69, 9.17) is 15.5 Å². The summed E-state index contributed by atoms with van der Waals surface area (Å²) in [6.45, 7) is 1.57. The van der Waals surface area contributed by atoms with Gasteiger partial charge in [-0.3, -0.25) is 4.79 Å². The molecule has 2 N–H and O–H groups in total. The number of alkyl halides is 3. The maximum Gasteiger partial charge on any atom is 0.416 e. The largest absolute Gasteiger partial charge is 0.494 e. The van der Waals surface area contributed by atoms with Gasteiger partial charge in [0, 0.05) is 48.7 Å². The van der Waals surface area contributed by atoms with Crippen molar-refractivity contribution in [3.63, 3.8) is 0 Å². The minimum atomic E-state index is -4.36. The molecule has 1 saturated heterocycles. The van der Waals surface area contributed by atoms with Crippen molar-refractivity contribution in [1.29, 1.82) is 0 Å². The van der Waals surface area contributed by atoms with Crippen molar-refractivity contribution in [2.75, 3.05) is 13.7 Å². The van der Waals surface area contributed by atoms with Gasteiger partial charge in [-0.2, -0.15) is 13.2 Å². The van der Waals surface area contributed by atoms with E-state index in [1.807, 2.05) is 46.9 Å². The van der Waals surface area contributed by atoms with Crippen LogP contribution in [-0.2, 0) is 19.8 Å². The smallest absolute Gasteiger partial charge is 0.416 e. The molecule has 2 unspecified atom stereocenters. The van der Waals surface area contributed by atoms with E-state index in [0.29, 0.717) is 40.8 Å².